The predicted molar refractivity (Wildman–Crippen MR) is 133 cm³/mol. The molecule has 12 nitrogen and oxygen atoms in total. The Morgan fingerprint density at radius 3 is 2.40 bits per heavy atom. The summed E-state index contributed by atoms with van der Waals surface area (Å²) in [6.07, 6.45) is 2.41. The number of hydrogen-bond acceptors (Lipinski definition) is 10. The van der Waals surface area contributed by atoms with Crippen LogP contribution in [0.2, 0.25) is 5.02 Å². The van der Waals surface area contributed by atoms with Crippen molar-refractivity contribution < 1.29 is 27.4 Å². The largest absolute Gasteiger partial charge is 0.497 e. The van der Waals surface area contributed by atoms with E-state index in [0.29, 0.717) is 28.6 Å². The average molecular weight is 523 g/mol. The summed E-state index contributed by atoms with van der Waals surface area (Å²) in [6, 6.07) is 9.62. The van der Waals surface area contributed by atoms with Gasteiger partial charge in [0, 0.05) is 12.1 Å². The van der Waals surface area contributed by atoms with Crippen LogP contribution < -0.4 is 35.3 Å². The molecule has 186 valence electrons. The Morgan fingerprint density at radius 1 is 1.03 bits per heavy atom. The molecule has 0 aliphatic carbocycles. The van der Waals surface area contributed by atoms with Gasteiger partial charge in [-0.05, 0) is 24.3 Å². The van der Waals surface area contributed by atoms with Crippen molar-refractivity contribution in [2.45, 2.75) is 0 Å². The second-order valence-corrected chi connectivity index (χ2v) is 9.20. The van der Waals surface area contributed by atoms with Gasteiger partial charge in [-0.15, -0.1) is 0 Å². The molecule has 0 bridgehead atoms. The standard InChI is InChI=1S/C21H23ClN6O6S/c1-32-12-4-6-15(17(8-12)28-35(3,30)31)25-20-14(22)10-24-21(27-20)26-16-7-5-13(9-18(16)33-2)34-11-19(23)29/h4-10,28H,11H2,1-3H3,(H2,23,29)(H2,24,25,26,27). The number of rotatable bonds is 11. The lowest BCUT2D eigenvalue weighted by Crippen LogP contribution is -2.20. The van der Waals surface area contributed by atoms with Crippen molar-refractivity contribution in [3.8, 4) is 17.2 Å². The highest BCUT2D eigenvalue weighted by Crippen LogP contribution is 2.34. The van der Waals surface area contributed by atoms with E-state index in [2.05, 4.69) is 25.3 Å². The van der Waals surface area contributed by atoms with E-state index in [9.17, 15) is 13.2 Å². The van der Waals surface area contributed by atoms with Gasteiger partial charge in [0.2, 0.25) is 16.0 Å². The number of hydrogen-bond donors (Lipinski definition) is 4. The zero-order valence-corrected chi connectivity index (χ0v) is 20.5. The number of ether oxygens (including phenoxy) is 3. The number of amides is 1. The summed E-state index contributed by atoms with van der Waals surface area (Å²) >= 11 is 6.28. The van der Waals surface area contributed by atoms with Gasteiger partial charge in [-0.3, -0.25) is 9.52 Å². The zero-order valence-electron chi connectivity index (χ0n) is 19.0. The molecule has 14 heteroatoms. The molecule has 0 saturated carbocycles. The fourth-order valence-corrected chi connectivity index (χ4v) is 3.53. The van der Waals surface area contributed by atoms with Crippen LogP contribution in [0.3, 0.4) is 0 Å². The molecule has 1 aromatic heterocycles. The number of primary amides is 1. The first-order valence-electron chi connectivity index (χ1n) is 9.89. The average Bonchev–Trinajstić information content (AvgIpc) is 2.80. The van der Waals surface area contributed by atoms with Crippen molar-refractivity contribution in [2.75, 3.05) is 42.4 Å². The highest BCUT2D eigenvalue weighted by molar-refractivity contribution is 7.92. The van der Waals surface area contributed by atoms with Gasteiger partial charge in [0.1, 0.15) is 22.3 Å². The summed E-state index contributed by atoms with van der Waals surface area (Å²) in [5, 5.41) is 6.21. The fourth-order valence-electron chi connectivity index (χ4n) is 2.83. The van der Waals surface area contributed by atoms with E-state index < -0.39 is 15.9 Å². The van der Waals surface area contributed by atoms with E-state index in [0.717, 1.165) is 6.26 Å². The smallest absolute Gasteiger partial charge is 0.255 e. The molecule has 0 aliphatic heterocycles. The molecule has 0 radical (unpaired) electrons. The second kappa shape index (κ2) is 11.0. The normalized spacial score (nSPS) is 10.9. The Bertz CT molecular complexity index is 1340. The molecule has 0 atom stereocenters. The molecule has 0 aliphatic rings. The van der Waals surface area contributed by atoms with Gasteiger partial charge in [-0.2, -0.15) is 4.98 Å². The third-order valence-electron chi connectivity index (χ3n) is 4.32. The molecule has 2 aromatic carbocycles. The molecule has 5 N–H and O–H groups in total. The number of methoxy groups -OCH3 is 2. The van der Waals surface area contributed by atoms with Crippen LogP contribution in [0.5, 0.6) is 17.2 Å². The van der Waals surface area contributed by atoms with Crippen molar-refractivity contribution in [3.05, 3.63) is 47.6 Å². The number of carbonyl (C=O) groups is 1. The van der Waals surface area contributed by atoms with E-state index in [-0.39, 0.29) is 29.1 Å². The van der Waals surface area contributed by atoms with Gasteiger partial charge in [-0.1, -0.05) is 11.6 Å². The van der Waals surface area contributed by atoms with Gasteiger partial charge in [-0.25, -0.2) is 13.4 Å². The lowest BCUT2D eigenvalue weighted by Gasteiger charge is -2.16. The molecular formula is C21H23ClN6O6S. The molecule has 0 saturated heterocycles. The second-order valence-electron chi connectivity index (χ2n) is 7.04. The van der Waals surface area contributed by atoms with Crippen molar-refractivity contribution in [1.29, 1.82) is 0 Å². The number of nitrogens with two attached hydrogens (primary N) is 1. The first-order valence-corrected chi connectivity index (χ1v) is 12.2. The maximum Gasteiger partial charge on any atom is 0.255 e. The van der Waals surface area contributed by atoms with E-state index in [1.807, 2.05) is 0 Å². The molecule has 0 fully saturated rings. The summed E-state index contributed by atoms with van der Waals surface area (Å²) < 4.78 is 41.9. The van der Waals surface area contributed by atoms with Crippen LogP contribution in [0.15, 0.2) is 42.6 Å². The minimum absolute atomic E-state index is 0.173. The number of aromatic nitrogens is 2. The van der Waals surface area contributed by atoms with E-state index >= 15 is 0 Å². The third kappa shape index (κ3) is 7.25. The maximum absolute atomic E-state index is 11.8. The summed E-state index contributed by atoms with van der Waals surface area (Å²) in [6.45, 7) is -0.271. The lowest BCUT2D eigenvalue weighted by molar-refractivity contribution is -0.119. The van der Waals surface area contributed by atoms with Gasteiger partial charge in [0.15, 0.2) is 12.4 Å². The van der Waals surface area contributed by atoms with Crippen LogP contribution in [0.4, 0.5) is 28.8 Å². The topological polar surface area (TPSA) is 167 Å². The number of benzene rings is 2. The summed E-state index contributed by atoms with van der Waals surface area (Å²) in [5.74, 6) is 1.02. The number of nitrogens with one attached hydrogen (secondary N) is 3. The fraction of sp³-hybridized carbons (Fsp3) is 0.190. The van der Waals surface area contributed by atoms with Crippen molar-refractivity contribution in [3.63, 3.8) is 0 Å². The monoisotopic (exact) mass is 522 g/mol. The lowest BCUT2D eigenvalue weighted by atomic mass is 10.2. The first-order chi connectivity index (χ1) is 16.6. The van der Waals surface area contributed by atoms with Gasteiger partial charge >= 0.3 is 0 Å². The molecule has 0 spiro atoms. The van der Waals surface area contributed by atoms with E-state index in [1.165, 1.54) is 26.5 Å². The Kier molecular flexibility index (Phi) is 8.04. The Morgan fingerprint density at radius 2 is 1.74 bits per heavy atom. The van der Waals surface area contributed by atoms with Gasteiger partial charge in [0.05, 0.1) is 43.7 Å². The number of nitrogens with zero attached hydrogens (tertiary/aromatic N) is 2. The molecule has 0 unspecified atom stereocenters. The number of anilines is 5. The Balaban J connectivity index is 1.87. The summed E-state index contributed by atoms with van der Waals surface area (Å²) in [5.41, 5.74) is 6.23. The predicted octanol–water partition coefficient (Wildman–Crippen LogP) is 2.87. The van der Waals surface area contributed by atoms with Gasteiger partial charge < -0.3 is 30.6 Å². The van der Waals surface area contributed by atoms with Crippen LogP contribution in [0.1, 0.15) is 0 Å². The Hall–Kier alpha value is -3.97. The van der Waals surface area contributed by atoms with Crippen LogP contribution in [0.25, 0.3) is 0 Å². The highest BCUT2D eigenvalue weighted by Gasteiger charge is 2.14. The van der Waals surface area contributed by atoms with Crippen molar-refractivity contribution in [2.24, 2.45) is 5.73 Å². The van der Waals surface area contributed by atoms with E-state index in [1.54, 1.807) is 30.3 Å². The van der Waals surface area contributed by atoms with Crippen LogP contribution in [-0.2, 0) is 14.8 Å². The summed E-state index contributed by atoms with van der Waals surface area (Å²) in [7, 11) is -0.634. The van der Waals surface area contributed by atoms with Crippen LogP contribution in [0, 0.1) is 0 Å². The minimum atomic E-state index is -3.57. The number of halogens is 1. The van der Waals surface area contributed by atoms with Gasteiger partial charge in [0.25, 0.3) is 5.91 Å². The third-order valence-corrected chi connectivity index (χ3v) is 5.19. The zero-order chi connectivity index (χ0) is 25.6. The van der Waals surface area contributed by atoms with Crippen LogP contribution >= 0.6 is 11.6 Å². The van der Waals surface area contributed by atoms with E-state index in [4.69, 9.17) is 31.5 Å². The highest BCUT2D eigenvalue weighted by atomic mass is 35.5. The quantitative estimate of drug-likeness (QED) is 0.294. The maximum atomic E-state index is 11.8. The SMILES string of the molecule is COc1ccc(Nc2nc(Nc3ccc(OCC(N)=O)cc3OC)ncc2Cl)c(NS(C)(=O)=O)c1. The first kappa shape index (κ1) is 25.6. The minimum Gasteiger partial charge on any atom is -0.497 e. The molecule has 1 heterocycles. The summed E-state index contributed by atoms with van der Waals surface area (Å²) in [4.78, 5) is 19.5. The molecule has 3 rings (SSSR count). The molecular weight excluding hydrogens is 500 g/mol. The van der Waals surface area contributed by atoms with Crippen LogP contribution in [-0.4, -0.2) is 51.4 Å². The Labute approximate surface area is 206 Å². The van der Waals surface area contributed by atoms with Crippen molar-refractivity contribution >= 4 is 56.4 Å². The number of carbonyl (C=O) groups excluding carboxylic acids is 1. The van der Waals surface area contributed by atoms with Crippen molar-refractivity contribution in [1.82, 2.24) is 9.97 Å². The molecule has 1 amide bonds. The number of sulfonamides is 1. The molecule has 3 aromatic rings. The molecule has 35 heavy (non-hydrogen) atoms.